The molecule has 0 aromatic carbocycles. The number of amides is 2. The van der Waals surface area contributed by atoms with E-state index in [1.807, 2.05) is 0 Å². The lowest BCUT2D eigenvalue weighted by Crippen LogP contribution is -2.58. The van der Waals surface area contributed by atoms with Crippen molar-refractivity contribution in [1.82, 2.24) is 10.2 Å². The minimum Gasteiger partial charge on any atom is -0.394 e. The Balaban J connectivity index is 2.15. The molecule has 5 atom stereocenters. The predicted octanol–water partition coefficient (Wildman–Crippen LogP) is -0.373. The SMILES string of the molecule is C=C[C@]1(P)CC(CO)O[C@H]1N1CC[C@@H](O)NC1=O. The molecule has 2 aliphatic rings. The maximum absolute atomic E-state index is 11.9. The van der Waals surface area contributed by atoms with Gasteiger partial charge in [-0.1, -0.05) is 6.08 Å². The van der Waals surface area contributed by atoms with Gasteiger partial charge in [0.15, 0.2) is 0 Å². The van der Waals surface area contributed by atoms with Crippen molar-refractivity contribution in [3.8, 4) is 0 Å². The Bertz CT molecular complexity index is 354. The van der Waals surface area contributed by atoms with Crippen LogP contribution in [0, 0.1) is 0 Å². The fourth-order valence-corrected chi connectivity index (χ4v) is 2.91. The number of ether oxygens (including phenoxy) is 1. The van der Waals surface area contributed by atoms with E-state index >= 15 is 0 Å². The van der Waals surface area contributed by atoms with Crippen molar-refractivity contribution in [2.45, 2.75) is 36.6 Å². The lowest BCUT2D eigenvalue weighted by Gasteiger charge is -2.39. The number of hydrogen-bond acceptors (Lipinski definition) is 4. The maximum Gasteiger partial charge on any atom is 0.321 e. The Morgan fingerprint density at radius 1 is 1.72 bits per heavy atom. The summed E-state index contributed by atoms with van der Waals surface area (Å²) in [6.07, 6.45) is 1.19. The number of urea groups is 1. The molecule has 2 rings (SSSR count). The van der Waals surface area contributed by atoms with Crippen molar-refractivity contribution in [3.05, 3.63) is 12.7 Å². The molecule has 0 aromatic rings. The monoisotopic (exact) mass is 274 g/mol. The summed E-state index contributed by atoms with van der Waals surface area (Å²) in [6.45, 7) is 4.11. The second-order valence-electron chi connectivity index (χ2n) is 4.76. The molecule has 2 amide bonds. The molecule has 0 spiro atoms. The van der Waals surface area contributed by atoms with Crippen molar-refractivity contribution in [2.75, 3.05) is 13.2 Å². The number of aliphatic hydroxyl groups excluding tert-OH is 2. The van der Waals surface area contributed by atoms with Crippen LogP contribution < -0.4 is 5.32 Å². The van der Waals surface area contributed by atoms with Crippen LogP contribution in [-0.2, 0) is 4.74 Å². The fraction of sp³-hybridized carbons (Fsp3) is 0.727. The highest BCUT2D eigenvalue weighted by Gasteiger charge is 2.48. The van der Waals surface area contributed by atoms with E-state index in [1.165, 1.54) is 4.90 Å². The maximum atomic E-state index is 11.9. The summed E-state index contributed by atoms with van der Waals surface area (Å²) in [5.74, 6) is 0. The zero-order chi connectivity index (χ0) is 13.3. The molecule has 2 heterocycles. The first-order valence-electron chi connectivity index (χ1n) is 5.94. The van der Waals surface area contributed by atoms with Gasteiger partial charge in [0.1, 0.15) is 12.5 Å². The van der Waals surface area contributed by atoms with Gasteiger partial charge in [-0.2, -0.15) is 0 Å². The molecule has 0 radical (unpaired) electrons. The van der Waals surface area contributed by atoms with E-state index in [-0.39, 0.29) is 18.7 Å². The molecule has 2 unspecified atom stereocenters. The average molecular weight is 274 g/mol. The van der Waals surface area contributed by atoms with Gasteiger partial charge in [0.2, 0.25) is 0 Å². The van der Waals surface area contributed by atoms with Crippen molar-refractivity contribution in [2.24, 2.45) is 0 Å². The lowest BCUT2D eigenvalue weighted by molar-refractivity contribution is -0.0661. The van der Waals surface area contributed by atoms with Crippen LogP contribution in [0.3, 0.4) is 0 Å². The van der Waals surface area contributed by atoms with Gasteiger partial charge in [-0.25, -0.2) is 4.79 Å². The summed E-state index contributed by atoms with van der Waals surface area (Å²) >= 11 is 0. The third-order valence-electron chi connectivity index (χ3n) is 3.42. The first-order valence-corrected chi connectivity index (χ1v) is 6.52. The minimum atomic E-state index is -0.800. The van der Waals surface area contributed by atoms with Crippen molar-refractivity contribution < 1.29 is 19.7 Å². The Morgan fingerprint density at radius 3 is 3.00 bits per heavy atom. The quantitative estimate of drug-likeness (QED) is 0.484. The van der Waals surface area contributed by atoms with Crippen LogP contribution in [-0.4, -0.2) is 58.0 Å². The summed E-state index contributed by atoms with van der Waals surface area (Å²) in [7, 11) is 2.66. The largest absolute Gasteiger partial charge is 0.394 e. The van der Waals surface area contributed by atoms with Gasteiger partial charge in [0.25, 0.3) is 0 Å². The number of carbonyl (C=O) groups excluding carboxylic acids is 1. The fourth-order valence-electron chi connectivity index (χ4n) is 2.39. The van der Waals surface area contributed by atoms with Crippen LogP contribution in [0.25, 0.3) is 0 Å². The Hall–Kier alpha value is -0.680. The van der Waals surface area contributed by atoms with E-state index in [9.17, 15) is 15.0 Å². The third kappa shape index (κ3) is 2.38. The van der Waals surface area contributed by atoms with Gasteiger partial charge >= 0.3 is 6.03 Å². The Labute approximate surface area is 108 Å². The third-order valence-corrected chi connectivity index (χ3v) is 4.18. The second kappa shape index (κ2) is 5.13. The van der Waals surface area contributed by atoms with Crippen LogP contribution in [0.2, 0.25) is 0 Å². The van der Waals surface area contributed by atoms with E-state index in [4.69, 9.17) is 4.74 Å². The number of carbonyl (C=O) groups is 1. The van der Waals surface area contributed by atoms with E-state index in [0.29, 0.717) is 19.4 Å². The van der Waals surface area contributed by atoms with Gasteiger partial charge in [-0.05, 0) is 6.42 Å². The molecule has 2 aliphatic heterocycles. The van der Waals surface area contributed by atoms with E-state index in [0.717, 1.165) is 0 Å². The molecule has 0 saturated carbocycles. The van der Waals surface area contributed by atoms with Crippen LogP contribution in [0.4, 0.5) is 4.79 Å². The standard InChI is InChI=1S/C11H19N2O4P/c1-2-11(18)5-7(6-14)17-9(11)13-4-3-8(15)12-10(13)16/h2,7-9,14-15H,1,3-6,18H2,(H,12,16)/t7?,8-,9-,11+/m1/s1. The smallest absolute Gasteiger partial charge is 0.321 e. The molecule has 0 bridgehead atoms. The van der Waals surface area contributed by atoms with Gasteiger partial charge in [0.05, 0.1) is 12.7 Å². The first kappa shape index (κ1) is 13.7. The average Bonchev–Trinajstić information content (AvgIpc) is 2.68. The zero-order valence-electron chi connectivity index (χ0n) is 10.1. The highest BCUT2D eigenvalue weighted by Crippen LogP contribution is 2.41. The molecular formula is C11H19N2O4P. The number of nitrogens with zero attached hydrogens (tertiary/aromatic N) is 1. The summed E-state index contributed by atoms with van der Waals surface area (Å²) in [6, 6.07) is -0.356. The molecule has 3 N–H and O–H groups in total. The molecule has 102 valence electrons. The zero-order valence-corrected chi connectivity index (χ0v) is 11.2. The lowest BCUT2D eigenvalue weighted by atomic mass is 10.0. The normalized spacial score (nSPS) is 40.7. The number of aliphatic hydroxyl groups is 2. The molecule has 0 aromatic heterocycles. The topological polar surface area (TPSA) is 82.0 Å². The summed E-state index contributed by atoms with van der Waals surface area (Å²) in [5, 5.41) is 20.5. The molecule has 18 heavy (non-hydrogen) atoms. The highest BCUT2D eigenvalue weighted by molar-refractivity contribution is 7.19. The van der Waals surface area contributed by atoms with E-state index in [1.54, 1.807) is 6.08 Å². The first-order chi connectivity index (χ1) is 8.50. The Morgan fingerprint density at radius 2 is 2.44 bits per heavy atom. The molecular weight excluding hydrogens is 255 g/mol. The summed E-state index contributed by atoms with van der Waals surface area (Å²) in [5.41, 5.74) is 0. The van der Waals surface area contributed by atoms with Gasteiger partial charge in [-0.3, -0.25) is 4.90 Å². The number of rotatable bonds is 3. The molecule has 7 heteroatoms. The van der Waals surface area contributed by atoms with Crippen LogP contribution in [0.5, 0.6) is 0 Å². The minimum absolute atomic E-state index is 0.0847. The van der Waals surface area contributed by atoms with Gasteiger partial charge in [-0.15, -0.1) is 15.8 Å². The van der Waals surface area contributed by atoms with Crippen LogP contribution in [0.1, 0.15) is 12.8 Å². The molecule has 6 nitrogen and oxygen atoms in total. The molecule has 2 fully saturated rings. The molecule has 0 aliphatic carbocycles. The van der Waals surface area contributed by atoms with E-state index < -0.39 is 17.6 Å². The van der Waals surface area contributed by atoms with Crippen LogP contribution in [0.15, 0.2) is 12.7 Å². The predicted molar refractivity (Wildman–Crippen MR) is 68.9 cm³/mol. The van der Waals surface area contributed by atoms with Gasteiger partial charge in [0, 0.05) is 18.1 Å². The van der Waals surface area contributed by atoms with Crippen LogP contribution >= 0.6 is 9.24 Å². The summed E-state index contributed by atoms with van der Waals surface area (Å²) < 4.78 is 5.70. The molecule has 2 saturated heterocycles. The van der Waals surface area contributed by atoms with Crippen molar-refractivity contribution >= 4 is 15.3 Å². The number of nitrogens with one attached hydrogen (secondary N) is 1. The second-order valence-corrected chi connectivity index (χ2v) is 5.84. The number of hydrogen-bond donors (Lipinski definition) is 3. The highest BCUT2D eigenvalue weighted by atomic mass is 31.0. The summed E-state index contributed by atoms with van der Waals surface area (Å²) in [4.78, 5) is 13.4. The van der Waals surface area contributed by atoms with E-state index in [2.05, 4.69) is 21.1 Å². The van der Waals surface area contributed by atoms with Crippen molar-refractivity contribution in [3.63, 3.8) is 0 Å². The van der Waals surface area contributed by atoms with Crippen molar-refractivity contribution in [1.29, 1.82) is 0 Å². The Kier molecular flexibility index (Phi) is 3.92. The van der Waals surface area contributed by atoms with Gasteiger partial charge < -0.3 is 20.3 Å².